The predicted octanol–water partition coefficient (Wildman–Crippen LogP) is 8.12. The van der Waals surface area contributed by atoms with Crippen LogP contribution in [0.25, 0.3) is 0 Å². The van der Waals surface area contributed by atoms with E-state index in [2.05, 4.69) is 51.4 Å². The number of rotatable bonds is 17. The van der Waals surface area contributed by atoms with Crippen molar-refractivity contribution in [2.45, 2.75) is 103 Å². The van der Waals surface area contributed by atoms with Crippen molar-refractivity contribution in [2.75, 3.05) is 20.6 Å². The summed E-state index contributed by atoms with van der Waals surface area (Å²) in [6.45, 7) is 3.55. The highest BCUT2D eigenvalue weighted by molar-refractivity contribution is 5.40. The molecule has 0 aliphatic rings. The minimum atomic E-state index is 1.01. The summed E-state index contributed by atoms with van der Waals surface area (Å²) in [6.07, 6.45) is 21.6. The van der Waals surface area contributed by atoms with Gasteiger partial charge in [-0.2, -0.15) is 0 Å². The lowest BCUT2D eigenvalue weighted by Gasteiger charge is -2.29. The first kappa shape index (κ1) is 23.2. The third-order valence-electron chi connectivity index (χ3n) is 5.78. The van der Waals surface area contributed by atoms with Crippen LogP contribution in [0.2, 0.25) is 0 Å². The second-order valence-corrected chi connectivity index (χ2v) is 8.69. The molecule has 0 N–H and O–H groups in total. The topological polar surface area (TPSA) is 0 Å². The van der Waals surface area contributed by atoms with E-state index in [1.807, 2.05) is 0 Å². The molecule has 0 aromatic heterocycles. The van der Waals surface area contributed by atoms with Crippen molar-refractivity contribution in [3.63, 3.8) is 0 Å². The monoisotopic (exact) mass is 360 g/mol. The number of benzene rings is 1. The molecule has 0 aliphatic carbocycles. The summed E-state index contributed by atoms with van der Waals surface area (Å²) >= 11 is 0. The molecule has 26 heavy (non-hydrogen) atoms. The second kappa shape index (κ2) is 15.3. The van der Waals surface area contributed by atoms with Crippen LogP contribution in [0, 0.1) is 0 Å². The van der Waals surface area contributed by atoms with Gasteiger partial charge in [-0.1, -0.05) is 109 Å². The standard InChI is InChI=1S/C25H46N/c1-4-5-6-7-8-9-10-11-12-13-14-15-16-17-21-24-26(2,3)25-22-19-18-20-23-25/h18-20,22-23H,4-17,21,24H2,1-3H3/q+1. The molecule has 1 heteroatoms. The van der Waals surface area contributed by atoms with E-state index in [1.54, 1.807) is 0 Å². The summed E-state index contributed by atoms with van der Waals surface area (Å²) in [6, 6.07) is 10.9. The van der Waals surface area contributed by atoms with Crippen LogP contribution in [0.4, 0.5) is 5.69 Å². The Morgan fingerprint density at radius 1 is 0.538 bits per heavy atom. The summed E-state index contributed by atoms with van der Waals surface area (Å²) in [5.41, 5.74) is 1.43. The van der Waals surface area contributed by atoms with Crippen LogP contribution in [0.5, 0.6) is 0 Å². The van der Waals surface area contributed by atoms with Crippen molar-refractivity contribution in [3.05, 3.63) is 30.3 Å². The van der Waals surface area contributed by atoms with Gasteiger partial charge in [0.1, 0.15) is 5.69 Å². The van der Waals surface area contributed by atoms with Crippen molar-refractivity contribution in [1.29, 1.82) is 0 Å². The highest BCUT2D eigenvalue weighted by Crippen LogP contribution is 2.19. The van der Waals surface area contributed by atoms with Crippen LogP contribution < -0.4 is 4.48 Å². The molecular formula is C25H46N+. The summed E-state index contributed by atoms with van der Waals surface area (Å²) in [7, 11) is 4.66. The average Bonchev–Trinajstić information content (AvgIpc) is 2.65. The van der Waals surface area contributed by atoms with Gasteiger partial charge in [0.15, 0.2) is 0 Å². The third kappa shape index (κ3) is 11.7. The van der Waals surface area contributed by atoms with E-state index in [-0.39, 0.29) is 0 Å². The summed E-state index contributed by atoms with van der Waals surface area (Å²) in [4.78, 5) is 0. The predicted molar refractivity (Wildman–Crippen MR) is 120 cm³/mol. The Morgan fingerprint density at radius 3 is 1.35 bits per heavy atom. The van der Waals surface area contributed by atoms with E-state index in [4.69, 9.17) is 0 Å². The summed E-state index contributed by atoms with van der Waals surface area (Å²) in [5, 5.41) is 0. The van der Waals surface area contributed by atoms with Gasteiger partial charge < -0.3 is 0 Å². The van der Waals surface area contributed by atoms with Gasteiger partial charge in [-0.3, -0.25) is 4.48 Å². The lowest BCUT2D eigenvalue weighted by molar-refractivity contribution is 0.380. The van der Waals surface area contributed by atoms with Gasteiger partial charge >= 0.3 is 0 Å². The van der Waals surface area contributed by atoms with Gasteiger partial charge in [-0.15, -0.1) is 0 Å². The Hall–Kier alpha value is -0.820. The van der Waals surface area contributed by atoms with Gasteiger partial charge in [0.25, 0.3) is 0 Å². The minimum Gasteiger partial charge on any atom is -0.296 e. The maximum atomic E-state index is 2.33. The highest BCUT2D eigenvalue weighted by atomic mass is 15.3. The molecule has 0 atom stereocenters. The molecule has 0 saturated carbocycles. The lowest BCUT2D eigenvalue weighted by atomic mass is 10.0. The number of hydrogen-bond donors (Lipinski definition) is 0. The summed E-state index contributed by atoms with van der Waals surface area (Å²) in [5.74, 6) is 0. The van der Waals surface area contributed by atoms with E-state index < -0.39 is 0 Å². The molecule has 0 heterocycles. The minimum absolute atomic E-state index is 1.01. The van der Waals surface area contributed by atoms with Gasteiger partial charge in [0.2, 0.25) is 0 Å². The number of hydrogen-bond acceptors (Lipinski definition) is 0. The Labute approximate surface area is 164 Å². The van der Waals surface area contributed by atoms with Gasteiger partial charge in [-0.25, -0.2) is 0 Å². The van der Waals surface area contributed by atoms with Gasteiger partial charge in [-0.05, 0) is 25.0 Å². The van der Waals surface area contributed by atoms with Gasteiger partial charge in [0.05, 0.1) is 20.6 Å². The Kier molecular flexibility index (Phi) is 13.6. The fourth-order valence-corrected chi connectivity index (χ4v) is 3.84. The van der Waals surface area contributed by atoms with Gasteiger partial charge in [0, 0.05) is 0 Å². The number of unbranched alkanes of at least 4 members (excludes halogenated alkanes) is 14. The van der Waals surface area contributed by atoms with E-state index in [0.29, 0.717) is 0 Å². The molecule has 1 rings (SSSR count). The molecule has 0 unspecified atom stereocenters. The fraction of sp³-hybridized carbons (Fsp3) is 0.760. The molecule has 0 spiro atoms. The number of quaternary nitrogens is 1. The van der Waals surface area contributed by atoms with Crippen molar-refractivity contribution >= 4 is 5.69 Å². The van der Waals surface area contributed by atoms with Crippen molar-refractivity contribution in [3.8, 4) is 0 Å². The van der Waals surface area contributed by atoms with Crippen molar-refractivity contribution in [2.24, 2.45) is 0 Å². The zero-order valence-electron chi connectivity index (χ0n) is 18.1. The smallest absolute Gasteiger partial charge is 0.132 e. The average molecular weight is 361 g/mol. The maximum Gasteiger partial charge on any atom is 0.132 e. The molecule has 0 amide bonds. The molecule has 1 aromatic carbocycles. The second-order valence-electron chi connectivity index (χ2n) is 8.69. The molecule has 0 fully saturated rings. The molecule has 0 bridgehead atoms. The quantitative estimate of drug-likeness (QED) is 0.194. The first-order valence-corrected chi connectivity index (χ1v) is 11.6. The largest absolute Gasteiger partial charge is 0.296 e. The normalized spacial score (nSPS) is 11.8. The van der Waals surface area contributed by atoms with Crippen molar-refractivity contribution < 1.29 is 0 Å². The number of para-hydroxylation sites is 1. The van der Waals surface area contributed by atoms with Crippen LogP contribution in [0.3, 0.4) is 0 Å². The molecule has 0 aliphatic heterocycles. The molecule has 0 saturated heterocycles. The van der Waals surface area contributed by atoms with Crippen LogP contribution in [-0.2, 0) is 0 Å². The first-order valence-electron chi connectivity index (χ1n) is 11.6. The van der Waals surface area contributed by atoms with E-state index in [1.165, 1.54) is 109 Å². The third-order valence-corrected chi connectivity index (χ3v) is 5.78. The van der Waals surface area contributed by atoms with E-state index in [9.17, 15) is 0 Å². The molecule has 0 radical (unpaired) electrons. The van der Waals surface area contributed by atoms with Crippen LogP contribution in [0.15, 0.2) is 30.3 Å². The van der Waals surface area contributed by atoms with Crippen molar-refractivity contribution in [1.82, 2.24) is 4.48 Å². The SMILES string of the molecule is CCCCCCCCCCCCCCCCC[N+](C)(C)c1ccccc1. The summed E-state index contributed by atoms with van der Waals surface area (Å²) < 4.78 is 1.01. The first-order chi connectivity index (χ1) is 12.7. The molecular weight excluding hydrogens is 314 g/mol. The molecule has 1 nitrogen and oxygen atoms in total. The van der Waals surface area contributed by atoms with Crippen LogP contribution in [-0.4, -0.2) is 20.6 Å². The maximum absolute atomic E-state index is 2.33. The fourth-order valence-electron chi connectivity index (χ4n) is 3.84. The number of nitrogens with zero attached hydrogens (tertiary/aromatic N) is 1. The Morgan fingerprint density at radius 2 is 0.923 bits per heavy atom. The Bertz CT molecular complexity index is 409. The lowest BCUT2D eigenvalue weighted by Crippen LogP contribution is -2.41. The zero-order chi connectivity index (χ0) is 18.9. The molecule has 1 aromatic rings. The highest BCUT2D eigenvalue weighted by Gasteiger charge is 2.17. The van der Waals surface area contributed by atoms with E-state index >= 15 is 0 Å². The van der Waals surface area contributed by atoms with E-state index in [0.717, 1.165) is 4.48 Å². The molecule has 150 valence electrons. The van der Waals surface area contributed by atoms with Crippen LogP contribution in [0.1, 0.15) is 103 Å². The van der Waals surface area contributed by atoms with Crippen LogP contribution >= 0.6 is 0 Å². The zero-order valence-corrected chi connectivity index (χ0v) is 18.1. The Balaban J connectivity index is 1.85.